The summed E-state index contributed by atoms with van der Waals surface area (Å²) < 4.78 is 23.4. The maximum absolute atomic E-state index is 12.9. The number of methoxy groups -OCH3 is 2. The molecule has 1 aliphatic rings. The quantitative estimate of drug-likeness (QED) is 0.784. The first-order valence-electron chi connectivity index (χ1n) is 9.29. The van der Waals surface area contributed by atoms with Gasteiger partial charge in [-0.1, -0.05) is 6.07 Å². The summed E-state index contributed by atoms with van der Waals surface area (Å²) in [7, 11) is 3.16. The highest BCUT2D eigenvalue weighted by atomic mass is 19.1. The lowest BCUT2D eigenvalue weighted by atomic mass is 9.97. The van der Waals surface area contributed by atoms with Gasteiger partial charge in [-0.25, -0.2) is 14.4 Å². The number of anilines is 1. The van der Waals surface area contributed by atoms with Crippen LogP contribution < -0.4 is 19.7 Å². The molecule has 150 valence electrons. The number of carbonyl (C=O) groups is 1. The third-order valence-electron chi connectivity index (χ3n) is 4.90. The smallest absolute Gasteiger partial charge is 0.225 e. The number of halogens is 1. The molecule has 0 spiro atoms. The molecule has 0 radical (unpaired) electrons. The Morgan fingerprint density at radius 3 is 2.50 bits per heavy atom. The number of ether oxygens (including phenoxy) is 2. The SMILES string of the molecule is COc1ccc(CC(=O)NCC2CCN(c3ncc(F)cn3)CC2)cc1OC. The monoisotopic (exact) mass is 388 g/mol. The molecule has 28 heavy (non-hydrogen) atoms. The molecule has 1 aliphatic heterocycles. The Hall–Kier alpha value is -2.90. The van der Waals surface area contributed by atoms with Crippen molar-refractivity contribution >= 4 is 11.9 Å². The van der Waals surface area contributed by atoms with Gasteiger partial charge in [0.1, 0.15) is 0 Å². The van der Waals surface area contributed by atoms with Gasteiger partial charge in [-0.15, -0.1) is 0 Å². The Labute approximate surface area is 163 Å². The van der Waals surface area contributed by atoms with E-state index in [0.29, 0.717) is 36.3 Å². The van der Waals surface area contributed by atoms with Crippen LogP contribution in [-0.4, -0.2) is 49.7 Å². The Balaban J connectivity index is 1.44. The highest BCUT2D eigenvalue weighted by molar-refractivity contribution is 5.78. The molecule has 2 heterocycles. The van der Waals surface area contributed by atoms with Crippen LogP contribution in [0.1, 0.15) is 18.4 Å². The second-order valence-corrected chi connectivity index (χ2v) is 6.80. The molecule has 0 bridgehead atoms. The van der Waals surface area contributed by atoms with E-state index in [0.717, 1.165) is 31.5 Å². The Bertz CT molecular complexity index is 793. The number of piperidine rings is 1. The summed E-state index contributed by atoms with van der Waals surface area (Å²) in [5.74, 6) is 1.77. The molecular formula is C20H25FN4O3. The third-order valence-corrected chi connectivity index (χ3v) is 4.90. The maximum Gasteiger partial charge on any atom is 0.225 e. The van der Waals surface area contributed by atoms with Crippen molar-refractivity contribution < 1.29 is 18.7 Å². The third kappa shape index (κ3) is 5.09. The maximum atomic E-state index is 12.9. The molecule has 1 saturated heterocycles. The van der Waals surface area contributed by atoms with Crippen LogP contribution >= 0.6 is 0 Å². The van der Waals surface area contributed by atoms with Crippen molar-refractivity contribution in [2.45, 2.75) is 19.3 Å². The first-order chi connectivity index (χ1) is 13.6. The number of rotatable bonds is 7. The van der Waals surface area contributed by atoms with Gasteiger partial charge in [0.05, 0.1) is 33.0 Å². The lowest BCUT2D eigenvalue weighted by Gasteiger charge is -2.31. The Morgan fingerprint density at radius 2 is 1.86 bits per heavy atom. The molecule has 0 unspecified atom stereocenters. The minimum Gasteiger partial charge on any atom is -0.493 e. The van der Waals surface area contributed by atoms with Crippen LogP contribution in [0.2, 0.25) is 0 Å². The highest BCUT2D eigenvalue weighted by Crippen LogP contribution is 2.27. The lowest BCUT2D eigenvalue weighted by molar-refractivity contribution is -0.120. The topological polar surface area (TPSA) is 76.6 Å². The van der Waals surface area contributed by atoms with Gasteiger partial charge >= 0.3 is 0 Å². The minimum absolute atomic E-state index is 0.0171. The molecule has 1 aromatic carbocycles. The summed E-state index contributed by atoms with van der Waals surface area (Å²) in [4.78, 5) is 22.4. The van der Waals surface area contributed by atoms with E-state index in [-0.39, 0.29) is 5.91 Å². The van der Waals surface area contributed by atoms with Gasteiger partial charge < -0.3 is 19.7 Å². The van der Waals surface area contributed by atoms with Crippen molar-refractivity contribution in [2.75, 3.05) is 38.8 Å². The molecule has 1 fully saturated rings. The number of hydrogen-bond acceptors (Lipinski definition) is 6. The number of aromatic nitrogens is 2. The molecule has 2 aromatic rings. The Kier molecular flexibility index (Phi) is 6.62. The molecule has 3 rings (SSSR count). The minimum atomic E-state index is -0.434. The van der Waals surface area contributed by atoms with Crippen molar-refractivity contribution in [1.82, 2.24) is 15.3 Å². The number of benzene rings is 1. The zero-order valence-electron chi connectivity index (χ0n) is 16.2. The first-order valence-corrected chi connectivity index (χ1v) is 9.29. The van der Waals surface area contributed by atoms with E-state index in [1.54, 1.807) is 20.3 Å². The van der Waals surface area contributed by atoms with Crippen LogP contribution in [0.25, 0.3) is 0 Å². The van der Waals surface area contributed by atoms with Gasteiger partial charge in [0.25, 0.3) is 0 Å². The van der Waals surface area contributed by atoms with Gasteiger partial charge in [0.15, 0.2) is 17.3 Å². The molecule has 8 heteroatoms. The van der Waals surface area contributed by atoms with Crippen LogP contribution in [0.4, 0.5) is 10.3 Å². The standard InChI is InChI=1S/C20H25FN4O3/c1-27-17-4-3-15(9-18(17)28-2)10-19(26)22-11-14-5-7-25(8-6-14)20-23-12-16(21)13-24-20/h3-4,9,12-14H,5-8,10-11H2,1-2H3,(H,22,26). The largest absolute Gasteiger partial charge is 0.493 e. The van der Waals surface area contributed by atoms with E-state index in [1.807, 2.05) is 17.0 Å². The summed E-state index contributed by atoms with van der Waals surface area (Å²) in [6.45, 7) is 2.23. The second kappa shape index (κ2) is 9.34. The number of nitrogens with zero attached hydrogens (tertiary/aromatic N) is 3. The second-order valence-electron chi connectivity index (χ2n) is 6.80. The molecule has 1 N–H and O–H groups in total. The number of carbonyl (C=O) groups excluding carboxylic acids is 1. The van der Waals surface area contributed by atoms with Crippen LogP contribution in [0.5, 0.6) is 11.5 Å². The lowest BCUT2D eigenvalue weighted by Crippen LogP contribution is -2.39. The summed E-state index contributed by atoms with van der Waals surface area (Å²) in [6.07, 6.45) is 4.52. The highest BCUT2D eigenvalue weighted by Gasteiger charge is 2.21. The van der Waals surface area contributed by atoms with Crippen molar-refractivity contribution in [2.24, 2.45) is 5.92 Å². The van der Waals surface area contributed by atoms with Gasteiger partial charge in [-0.3, -0.25) is 4.79 Å². The fourth-order valence-corrected chi connectivity index (χ4v) is 3.30. The van der Waals surface area contributed by atoms with E-state index in [2.05, 4.69) is 15.3 Å². The van der Waals surface area contributed by atoms with E-state index >= 15 is 0 Å². The number of amides is 1. The van der Waals surface area contributed by atoms with Crippen molar-refractivity contribution in [3.8, 4) is 11.5 Å². The fourth-order valence-electron chi connectivity index (χ4n) is 3.30. The average Bonchev–Trinajstić information content (AvgIpc) is 2.73. The van der Waals surface area contributed by atoms with Crippen LogP contribution in [0, 0.1) is 11.7 Å². The molecule has 1 amide bonds. The van der Waals surface area contributed by atoms with Crippen molar-refractivity contribution in [3.05, 3.63) is 42.0 Å². The summed E-state index contributed by atoms with van der Waals surface area (Å²) in [6, 6.07) is 5.48. The molecule has 0 aliphatic carbocycles. The van der Waals surface area contributed by atoms with Gasteiger partial charge in [-0.05, 0) is 36.5 Å². The number of nitrogens with one attached hydrogen (secondary N) is 1. The van der Waals surface area contributed by atoms with Crippen molar-refractivity contribution in [3.63, 3.8) is 0 Å². The normalized spacial score (nSPS) is 14.6. The van der Waals surface area contributed by atoms with Crippen LogP contribution in [0.15, 0.2) is 30.6 Å². The zero-order valence-corrected chi connectivity index (χ0v) is 16.2. The van der Waals surface area contributed by atoms with Crippen molar-refractivity contribution in [1.29, 1.82) is 0 Å². The predicted octanol–water partition coefficient (Wildman–Crippen LogP) is 2.21. The first kappa shape index (κ1) is 19.9. The molecular weight excluding hydrogens is 363 g/mol. The predicted molar refractivity (Wildman–Crippen MR) is 103 cm³/mol. The molecule has 7 nitrogen and oxygen atoms in total. The summed E-state index contributed by atoms with van der Waals surface area (Å²) in [5, 5.41) is 3.02. The van der Waals surface area contributed by atoms with E-state index in [9.17, 15) is 9.18 Å². The molecule has 1 aromatic heterocycles. The van der Waals surface area contributed by atoms with Crippen LogP contribution in [-0.2, 0) is 11.2 Å². The van der Waals surface area contributed by atoms with Gasteiger partial charge in [0.2, 0.25) is 11.9 Å². The Morgan fingerprint density at radius 1 is 1.18 bits per heavy atom. The summed E-state index contributed by atoms with van der Waals surface area (Å²) in [5.41, 5.74) is 0.874. The van der Waals surface area contributed by atoms with E-state index < -0.39 is 5.82 Å². The van der Waals surface area contributed by atoms with Crippen LogP contribution in [0.3, 0.4) is 0 Å². The zero-order chi connectivity index (χ0) is 19.9. The fraction of sp³-hybridized carbons (Fsp3) is 0.450. The number of hydrogen-bond donors (Lipinski definition) is 1. The molecule has 0 saturated carbocycles. The average molecular weight is 388 g/mol. The van der Waals surface area contributed by atoms with Gasteiger partial charge in [0, 0.05) is 19.6 Å². The van der Waals surface area contributed by atoms with Gasteiger partial charge in [-0.2, -0.15) is 0 Å². The molecule has 0 atom stereocenters. The van der Waals surface area contributed by atoms with E-state index in [4.69, 9.17) is 9.47 Å². The van der Waals surface area contributed by atoms with E-state index in [1.165, 1.54) is 12.4 Å². The summed E-state index contributed by atoms with van der Waals surface area (Å²) >= 11 is 0.